The summed E-state index contributed by atoms with van der Waals surface area (Å²) in [4.78, 5) is 0. The van der Waals surface area contributed by atoms with Gasteiger partial charge in [-0.15, -0.1) is 6.58 Å². The van der Waals surface area contributed by atoms with Gasteiger partial charge in [-0.2, -0.15) is 0 Å². The summed E-state index contributed by atoms with van der Waals surface area (Å²) in [5, 5.41) is 17.0. The molecule has 0 radical (unpaired) electrons. The first-order valence-electron chi connectivity index (χ1n) is 2.82. The van der Waals surface area contributed by atoms with Crippen LogP contribution in [0.15, 0.2) is 12.7 Å². The molecule has 0 aliphatic carbocycles. The van der Waals surface area contributed by atoms with Gasteiger partial charge in [-0.3, -0.25) is 0 Å². The smallest absolute Gasteiger partial charge is 0.157 e. The molecule has 0 saturated heterocycles. The molecule has 9 heavy (non-hydrogen) atoms. The minimum Gasteiger partial charge on any atom is -0.396 e. The Kier molecular flexibility index (Phi) is 5.51. The molecule has 0 rings (SSSR count). The molecule has 0 heterocycles. The molecule has 0 fully saturated rings. The third-order valence-electron chi connectivity index (χ3n) is 0.783. The first kappa shape index (κ1) is 8.62. The van der Waals surface area contributed by atoms with Crippen LogP contribution in [-0.4, -0.2) is 29.7 Å². The first-order valence-corrected chi connectivity index (χ1v) is 2.82. The fourth-order valence-corrected chi connectivity index (χ4v) is 0.373. The van der Waals surface area contributed by atoms with E-state index in [1.54, 1.807) is 6.08 Å². The summed E-state index contributed by atoms with van der Waals surface area (Å²) in [5.74, 6) is 0. The highest BCUT2D eigenvalue weighted by Crippen LogP contribution is 1.91. The Balaban J connectivity index is 3.04. The Morgan fingerprint density at radius 1 is 1.67 bits per heavy atom. The number of hydrogen-bond donors (Lipinski definition) is 2. The molecular weight excluding hydrogens is 120 g/mol. The lowest BCUT2D eigenvalue weighted by molar-refractivity contribution is -0.0988. The van der Waals surface area contributed by atoms with Crippen LogP contribution in [0, 0.1) is 0 Å². The van der Waals surface area contributed by atoms with Gasteiger partial charge < -0.3 is 14.9 Å². The molecule has 0 aliphatic heterocycles. The lowest BCUT2D eigenvalue weighted by Gasteiger charge is -2.06. The Hall–Kier alpha value is -0.380. The maximum atomic E-state index is 8.75. The standard InChI is InChI=1S/C6H12O3/c1-2-5-9-6(8)3-4-7/h2,6-8H,1,3-5H2. The van der Waals surface area contributed by atoms with Crippen LogP contribution in [0.4, 0.5) is 0 Å². The lowest BCUT2D eigenvalue weighted by Crippen LogP contribution is -2.13. The van der Waals surface area contributed by atoms with Crippen LogP contribution in [-0.2, 0) is 4.74 Å². The molecule has 2 N–H and O–H groups in total. The Bertz CT molecular complexity index is 72.7. The fourth-order valence-electron chi connectivity index (χ4n) is 0.373. The van der Waals surface area contributed by atoms with E-state index in [2.05, 4.69) is 6.58 Å². The third-order valence-corrected chi connectivity index (χ3v) is 0.783. The molecule has 0 aliphatic rings. The van der Waals surface area contributed by atoms with Gasteiger partial charge >= 0.3 is 0 Å². The molecular formula is C6H12O3. The Morgan fingerprint density at radius 3 is 2.78 bits per heavy atom. The predicted molar refractivity (Wildman–Crippen MR) is 33.9 cm³/mol. The van der Waals surface area contributed by atoms with Crippen LogP contribution < -0.4 is 0 Å². The van der Waals surface area contributed by atoms with Crippen molar-refractivity contribution in [2.75, 3.05) is 13.2 Å². The van der Waals surface area contributed by atoms with Crippen molar-refractivity contribution in [3.8, 4) is 0 Å². The van der Waals surface area contributed by atoms with E-state index in [9.17, 15) is 0 Å². The van der Waals surface area contributed by atoms with Crippen LogP contribution in [0.25, 0.3) is 0 Å². The maximum Gasteiger partial charge on any atom is 0.157 e. The zero-order chi connectivity index (χ0) is 7.11. The summed E-state index contributed by atoms with van der Waals surface area (Å²) >= 11 is 0. The van der Waals surface area contributed by atoms with Crippen LogP contribution >= 0.6 is 0 Å². The molecule has 0 bridgehead atoms. The predicted octanol–water partition coefficient (Wildman–Crippen LogP) is -0.110. The molecule has 3 heteroatoms. The van der Waals surface area contributed by atoms with Gasteiger partial charge in [0.25, 0.3) is 0 Å². The van der Waals surface area contributed by atoms with Crippen LogP contribution in [0.2, 0.25) is 0 Å². The summed E-state index contributed by atoms with van der Waals surface area (Å²) in [6.45, 7) is 3.66. The number of ether oxygens (including phenoxy) is 1. The second-order valence-electron chi connectivity index (χ2n) is 1.59. The van der Waals surface area contributed by atoms with E-state index < -0.39 is 6.29 Å². The van der Waals surface area contributed by atoms with Crippen molar-refractivity contribution in [1.29, 1.82) is 0 Å². The van der Waals surface area contributed by atoms with Crippen molar-refractivity contribution in [2.45, 2.75) is 12.7 Å². The van der Waals surface area contributed by atoms with Crippen molar-refractivity contribution in [3.05, 3.63) is 12.7 Å². The summed E-state index contributed by atoms with van der Waals surface area (Å²) in [6, 6.07) is 0. The quantitative estimate of drug-likeness (QED) is 0.405. The van der Waals surface area contributed by atoms with E-state index in [4.69, 9.17) is 14.9 Å². The third kappa shape index (κ3) is 5.49. The zero-order valence-electron chi connectivity index (χ0n) is 5.29. The van der Waals surface area contributed by atoms with E-state index in [0.717, 1.165) is 0 Å². The molecule has 1 unspecified atom stereocenters. The molecule has 0 saturated carbocycles. The van der Waals surface area contributed by atoms with Crippen molar-refractivity contribution >= 4 is 0 Å². The van der Waals surface area contributed by atoms with Crippen LogP contribution in [0.3, 0.4) is 0 Å². The monoisotopic (exact) mass is 132 g/mol. The number of aliphatic hydroxyl groups is 2. The van der Waals surface area contributed by atoms with E-state index in [0.29, 0.717) is 6.61 Å². The fraction of sp³-hybridized carbons (Fsp3) is 0.667. The second kappa shape index (κ2) is 5.75. The molecule has 1 atom stereocenters. The molecule has 0 aromatic carbocycles. The molecule has 3 nitrogen and oxygen atoms in total. The molecule has 54 valence electrons. The number of hydrogen-bond acceptors (Lipinski definition) is 3. The summed E-state index contributed by atoms with van der Waals surface area (Å²) in [7, 11) is 0. The van der Waals surface area contributed by atoms with E-state index >= 15 is 0 Å². The Labute approximate surface area is 54.6 Å². The van der Waals surface area contributed by atoms with Gasteiger partial charge in [0.1, 0.15) is 0 Å². The number of aliphatic hydroxyl groups excluding tert-OH is 2. The van der Waals surface area contributed by atoms with Gasteiger partial charge in [0.2, 0.25) is 0 Å². The summed E-state index contributed by atoms with van der Waals surface area (Å²) in [5.41, 5.74) is 0. The highest BCUT2D eigenvalue weighted by molar-refractivity contribution is 4.64. The van der Waals surface area contributed by atoms with Gasteiger partial charge in [0.15, 0.2) is 6.29 Å². The largest absolute Gasteiger partial charge is 0.396 e. The second-order valence-corrected chi connectivity index (χ2v) is 1.59. The van der Waals surface area contributed by atoms with Crippen molar-refractivity contribution < 1.29 is 14.9 Å². The van der Waals surface area contributed by atoms with Crippen molar-refractivity contribution in [1.82, 2.24) is 0 Å². The van der Waals surface area contributed by atoms with E-state index in [1.807, 2.05) is 0 Å². The number of rotatable bonds is 5. The van der Waals surface area contributed by atoms with Gasteiger partial charge in [0.05, 0.1) is 6.61 Å². The topological polar surface area (TPSA) is 49.7 Å². The zero-order valence-corrected chi connectivity index (χ0v) is 5.29. The average molecular weight is 132 g/mol. The Morgan fingerprint density at radius 2 is 2.33 bits per heavy atom. The average Bonchev–Trinajstić information content (AvgIpc) is 1.85. The van der Waals surface area contributed by atoms with Gasteiger partial charge in [-0.05, 0) is 0 Å². The van der Waals surface area contributed by atoms with Crippen molar-refractivity contribution in [3.63, 3.8) is 0 Å². The SMILES string of the molecule is C=CCOC(O)CCO. The normalized spacial score (nSPS) is 13.1. The molecule has 0 amide bonds. The van der Waals surface area contributed by atoms with Crippen LogP contribution in [0.1, 0.15) is 6.42 Å². The van der Waals surface area contributed by atoms with Gasteiger partial charge in [0, 0.05) is 13.0 Å². The lowest BCUT2D eigenvalue weighted by atomic mass is 10.4. The summed E-state index contributed by atoms with van der Waals surface area (Å²) in [6.07, 6.45) is 0.946. The molecule has 0 aromatic heterocycles. The summed E-state index contributed by atoms with van der Waals surface area (Å²) < 4.78 is 4.71. The minimum atomic E-state index is -0.854. The van der Waals surface area contributed by atoms with Gasteiger partial charge in [-0.25, -0.2) is 0 Å². The van der Waals surface area contributed by atoms with Crippen molar-refractivity contribution in [2.24, 2.45) is 0 Å². The highest BCUT2D eigenvalue weighted by Gasteiger charge is 1.98. The van der Waals surface area contributed by atoms with Crippen LogP contribution in [0.5, 0.6) is 0 Å². The van der Waals surface area contributed by atoms with E-state index in [-0.39, 0.29) is 13.0 Å². The van der Waals surface area contributed by atoms with E-state index in [1.165, 1.54) is 0 Å². The first-order chi connectivity index (χ1) is 4.31. The molecule has 0 aromatic rings. The minimum absolute atomic E-state index is 0.0572. The molecule has 0 spiro atoms. The van der Waals surface area contributed by atoms with Gasteiger partial charge in [-0.1, -0.05) is 6.08 Å². The maximum absolute atomic E-state index is 8.75. The highest BCUT2D eigenvalue weighted by atomic mass is 16.6.